The summed E-state index contributed by atoms with van der Waals surface area (Å²) in [5.74, 6) is -0.385. The molecule has 0 spiro atoms. The fourth-order valence-corrected chi connectivity index (χ4v) is 3.16. The third-order valence-corrected chi connectivity index (χ3v) is 4.44. The third kappa shape index (κ3) is 3.31. The number of carbonyl (C=O) groups excluding carboxylic acids is 1. The van der Waals surface area contributed by atoms with Gasteiger partial charge in [-0.05, 0) is 31.4 Å². The Kier molecular flexibility index (Phi) is 4.74. The lowest BCUT2D eigenvalue weighted by molar-refractivity contribution is -0.0365. The number of rotatable bonds is 4. The molecule has 0 radical (unpaired) electrons. The lowest BCUT2D eigenvalue weighted by Crippen LogP contribution is -2.18. The summed E-state index contributed by atoms with van der Waals surface area (Å²) in [6, 6.07) is 3.51. The minimum atomic E-state index is -0.385. The number of hydrogen-bond acceptors (Lipinski definition) is 6. The van der Waals surface area contributed by atoms with Gasteiger partial charge in [-0.1, -0.05) is 11.8 Å². The largest absolute Gasteiger partial charge is 0.465 e. The molecule has 1 atom stereocenters. The molecule has 0 amide bonds. The number of aromatic nitrogens is 3. The minimum absolute atomic E-state index is 0.0492. The third-order valence-electron chi connectivity index (χ3n) is 3.46. The molecular formula is C15H17N3O3S. The van der Waals surface area contributed by atoms with Crippen molar-refractivity contribution in [3.63, 3.8) is 0 Å². The van der Waals surface area contributed by atoms with Crippen molar-refractivity contribution in [3.05, 3.63) is 36.4 Å². The van der Waals surface area contributed by atoms with Gasteiger partial charge in [-0.3, -0.25) is 4.57 Å². The van der Waals surface area contributed by atoms with Crippen LogP contribution in [-0.4, -0.2) is 34.2 Å². The van der Waals surface area contributed by atoms with Crippen molar-refractivity contribution in [1.82, 2.24) is 14.5 Å². The van der Waals surface area contributed by atoms with Crippen LogP contribution in [-0.2, 0) is 9.47 Å². The van der Waals surface area contributed by atoms with Gasteiger partial charge >= 0.3 is 5.97 Å². The van der Waals surface area contributed by atoms with Gasteiger partial charge in [0.1, 0.15) is 16.3 Å². The van der Waals surface area contributed by atoms with E-state index < -0.39 is 0 Å². The predicted molar refractivity (Wildman–Crippen MR) is 80.8 cm³/mol. The SMILES string of the molecule is COC(=O)c1ccc(Sc2cncn2C2CCCCO2)nc1. The lowest BCUT2D eigenvalue weighted by Gasteiger charge is -2.24. The Morgan fingerprint density at radius 3 is 3.00 bits per heavy atom. The molecule has 0 aliphatic carbocycles. The maximum Gasteiger partial charge on any atom is 0.339 e. The number of methoxy groups -OCH3 is 1. The first-order chi connectivity index (χ1) is 10.8. The summed E-state index contributed by atoms with van der Waals surface area (Å²) >= 11 is 1.50. The minimum Gasteiger partial charge on any atom is -0.465 e. The van der Waals surface area contributed by atoms with Crippen LogP contribution in [0, 0.1) is 0 Å². The molecule has 0 saturated carbocycles. The second kappa shape index (κ2) is 6.93. The average molecular weight is 319 g/mol. The Labute approximate surface area is 132 Å². The van der Waals surface area contributed by atoms with Crippen LogP contribution < -0.4 is 0 Å². The zero-order valence-corrected chi connectivity index (χ0v) is 13.1. The van der Waals surface area contributed by atoms with Crippen LogP contribution in [0.25, 0.3) is 0 Å². The number of carbonyl (C=O) groups is 1. The molecule has 1 fully saturated rings. The van der Waals surface area contributed by atoms with Gasteiger partial charge in [-0.2, -0.15) is 0 Å². The smallest absolute Gasteiger partial charge is 0.339 e. The van der Waals surface area contributed by atoms with Crippen molar-refractivity contribution in [2.75, 3.05) is 13.7 Å². The summed E-state index contributed by atoms with van der Waals surface area (Å²) in [5, 5.41) is 1.77. The fourth-order valence-electron chi connectivity index (χ4n) is 2.32. The van der Waals surface area contributed by atoms with Gasteiger partial charge in [0.2, 0.25) is 0 Å². The number of pyridine rings is 1. The maximum absolute atomic E-state index is 11.4. The Hall–Kier alpha value is -1.86. The molecule has 2 aromatic rings. The Bertz CT molecular complexity index is 636. The van der Waals surface area contributed by atoms with Crippen molar-refractivity contribution in [2.24, 2.45) is 0 Å². The van der Waals surface area contributed by atoms with E-state index in [-0.39, 0.29) is 12.2 Å². The van der Waals surface area contributed by atoms with Gasteiger partial charge in [-0.15, -0.1) is 0 Å². The fraction of sp³-hybridized carbons (Fsp3) is 0.400. The molecule has 0 bridgehead atoms. The van der Waals surface area contributed by atoms with Crippen molar-refractivity contribution in [3.8, 4) is 0 Å². The molecule has 0 N–H and O–H groups in total. The highest BCUT2D eigenvalue weighted by atomic mass is 32.2. The number of hydrogen-bond donors (Lipinski definition) is 0. The molecule has 1 saturated heterocycles. The van der Waals surface area contributed by atoms with E-state index in [1.54, 1.807) is 24.7 Å². The van der Waals surface area contributed by atoms with E-state index in [0.717, 1.165) is 29.5 Å². The Morgan fingerprint density at radius 1 is 1.41 bits per heavy atom. The lowest BCUT2D eigenvalue weighted by atomic mass is 10.2. The normalized spacial score (nSPS) is 18.1. The highest BCUT2D eigenvalue weighted by molar-refractivity contribution is 7.99. The van der Waals surface area contributed by atoms with Gasteiger partial charge in [0, 0.05) is 12.8 Å². The molecule has 3 rings (SSSR count). The van der Waals surface area contributed by atoms with E-state index in [1.165, 1.54) is 31.5 Å². The molecule has 1 unspecified atom stereocenters. The second-order valence-corrected chi connectivity index (χ2v) is 5.98. The van der Waals surface area contributed by atoms with Crippen LogP contribution in [0.15, 0.2) is 40.9 Å². The molecule has 1 aliphatic rings. The van der Waals surface area contributed by atoms with Crippen molar-refractivity contribution in [1.29, 1.82) is 0 Å². The van der Waals surface area contributed by atoms with E-state index in [1.807, 2.05) is 4.57 Å². The van der Waals surface area contributed by atoms with Crippen LogP contribution in [0.4, 0.5) is 0 Å². The molecule has 1 aliphatic heterocycles. The number of nitrogens with zero attached hydrogens (tertiary/aromatic N) is 3. The van der Waals surface area contributed by atoms with E-state index in [9.17, 15) is 4.79 Å². The average Bonchev–Trinajstić information content (AvgIpc) is 3.04. The highest BCUT2D eigenvalue weighted by Gasteiger charge is 2.19. The van der Waals surface area contributed by atoms with Crippen LogP contribution in [0.3, 0.4) is 0 Å². The number of esters is 1. The Morgan fingerprint density at radius 2 is 2.32 bits per heavy atom. The molecule has 6 nitrogen and oxygen atoms in total. The summed E-state index contributed by atoms with van der Waals surface area (Å²) in [4.78, 5) is 19.9. The molecule has 0 aromatic carbocycles. The zero-order chi connectivity index (χ0) is 15.4. The molecule has 22 heavy (non-hydrogen) atoms. The van der Waals surface area contributed by atoms with Crippen molar-refractivity contribution in [2.45, 2.75) is 35.5 Å². The van der Waals surface area contributed by atoms with Crippen LogP contribution in [0.1, 0.15) is 35.8 Å². The predicted octanol–water partition coefficient (Wildman–Crippen LogP) is 2.92. The first kappa shape index (κ1) is 15.1. The monoisotopic (exact) mass is 319 g/mol. The summed E-state index contributed by atoms with van der Waals surface area (Å²) in [6.45, 7) is 0.791. The van der Waals surface area contributed by atoms with Crippen LogP contribution >= 0.6 is 11.8 Å². The van der Waals surface area contributed by atoms with Gasteiger partial charge in [0.05, 0.1) is 25.2 Å². The standard InChI is InChI=1S/C15H17N3O3S/c1-20-15(19)11-5-6-12(17-8-11)22-14-9-16-10-18(14)13-4-2-3-7-21-13/h5-6,8-10,13H,2-4,7H2,1H3. The van der Waals surface area contributed by atoms with Crippen LogP contribution in [0.5, 0.6) is 0 Å². The second-order valence-electron chi connectivity index (χ2n) is 4.94. The number of ether oxygens (including phenoxy) is 2. The molecule has 7 heteroatoms. The van der Waals surface area contributed by atoms with Gasteiger partial charge in [-0.25, -0.2) is 14.8 Å². The Balaban J connectivity index is 1.73. The number of imidazole rings is 1. The summed E-state index contributed by atoms with van der Waals surface area (Å²) in [6.07, 6.45) is 8.45. The molecule has 3 heterocycles. The van der Waals surface area contributed by atoms with E-state index in [2.05, 4.69) is 14.7 Å². The maximum atomic E-state index is 11.4. The summed E-state index contributed by atoms with van der Waals surface area (Å²) < 4.78 is 12.5. The van der Waals surface area contributed by atoms with Gasteiger partial charge < -0.3 is 9.47 Å². The van der Waals surface area contributed by atoms with E-state index in [0.29, 0.717) is 5.56 Å². The van der Waals surface area contributed by atoms with E-state index >= 15 is 0 Å². The molecular weight excluding hydrogens is 302 g/mol. The summed E-state index contributed by atoms with van der Waals surface area (Å²) in [5.41, 5.74) is 0.441. The van der Waals surface area contributed by atoms with Crippen molar-refractivity contribution >= 4 is 17.7 Å². The highest BCUT2D eigenvalue weighted by Crippen LogP contribution is 2.31. The van der Waals surface area contributed by atoms with E-state index in [4.69, 9.17) is 4.74 Å². The van der Waals surface area contributed by atoms with Gasteiger partial charge in [0.15, 0.2) is 0 Å². The van der Waals surface area contributed by atoms with Crippen LogP contribution in [0.2, 0.25) is 0 Å². The zero-order valence-electron chi connectivity index (χ0n) is 12.3. The van der Waals surface area contributed by atoms with Gasteiger partial charge in [0.25, 0.3) is 0 Å². The quantitative estimate of drug-likeness (QED) is 0.807. The molecule has 116 valence electrons. The first-order valence-corrected chi connectivity index (χ1v) is 7.95. The summed E-state index contributed by atoms with van der Waals surface area (Å²) in [7, 11) is 1.35. The van der Waals surface area contributed by atoms with Crippen molar-refractivity contribution < 1.29 is 14.3 Å². The topological polar surface area (TPSA) is 66.2 Å². The molecule has 2 aromatic heterocycles. The first-order valence-electron chi connectivity index (χ1n) is 7.13.